The first kappa shape index (κ1) is 27.6. The first-order valence-corrected chi connectivity index (χ1v) is 11.8. The summed E-state index contributed by atoms with van der Waals surface area (Å²) < 4.78 is 45.0. The van der Waals surface area contributed by atoms with Crippen molar-refractivity contribution in [1.29, 1.82) is 0 Å². The fourth-order valence-corrected chi connectivity index (χ4v) is 4.04. The number of benzene rings is 2. The van der Waals surface area contributed by atoms with Crippen molar-refractivity contribution < 1.29 is 27.5 Å². The largest absolute Gasteiger partial charge is 0.465 e. The number of amides is 1. The standard InChI is InChI=1S/C24H22ClF3N8O3/c1-13-8-14(22(38)39-3)9-17(21(37)29-2)20(13)30-11-16-10-15(12-35-33-23(31-34-35)24(26,27)28)32-36(16)19-7-5-4-6-18(19)25/h4-10,30H,11-12H2,1-3H3,(H,29,37). The number of tetrazole rings is 1. The SMILES string of the molecule is CNC(=O)c1cc(C(=O)OC)cc(C)c1NCc1cc(Cn2nnc(C(F)(F)F)n2)nn1-c1ccccc1Cl. The van der Waals surface area contributed by atoms with Crippen molar-refractivity contribution in [2.45, 2.75) is 26.2 Å². The lowest BCUT2D eigenvalue weighted by atomic mass is 10.0. The molecule has 2 N–H and O–H groups in total. The Balaban J connectivity index is 1.70. The molecule has 2 aromatic heterocycles. The number of carbonyl (C=O) groups excluding carboxylic acids is 2. The van der Waals surface area contributed by atoms with Gasteiger partial charge in [-0.2, -0.15) is 23.1 Å². The van der Waals surface area contributed by atoms with E-state index in [4.69, 9.17) is 16.3 Å². The van der Waals surface area contributed by atoms with E-state index in [1.807, 2.05) is 0 Å². The number of esters is 1. The van der Waals surface area contributed by atoms with Crippen molar-refractivity contribution in [3.05, 3.63) is 81.4 Å². The number of ether oxygens (including phenoxy) is 1. The van der Waals surface area contributed by atoms with Gasteiger partial charge in [0.15, 0.2) is 0 Å². The van der Waals surface area contributed by atoms with Gasteiger partial charge in [0.1, 0.15) is 6.54 Å². The Morgan fingerprint density at radius 3 is 2.51 bits per heavy atom. The molecular formula is C24H22ClF3N8O3. The molecule has 2 aromatic carbocycles. The molecule has 0 aliphatic rings. The summed E-state index contributed by atoms with van der Waals surface area (Å²) in [4.78, 5) is 25.5. The van der Waals surface area contributed by atoms with Crippen LogP contribution in [0.2, 0.25) is 5.02 Å². The lowest BCUT2D eigenvalue weighted by Gasteiger charge is -2.16. The number of para-hydroxylation sites is 1. The molecule has 204 valence electrons. The average molecular weight is 563 g/mol. The van der Waals surface area contributed by atoms with Gasteiger partial charge in [-0.25, -0.2) is 9.48 Å². The summed E-state index contributed by atoms with van der Waals surface area (Å²) in [5.74, 6) is -2.38. The van der Waals surface area contributed by atoms with Crippen LogP contribution in [0, 0.1) is 6.92 Å². The second-order valence-corrected chi connectivity index (χ2v) is 8.68. The van der Waals surface area contributed by atoms with Gasteiger partial charge in [-0.15, -0.1) is 10.2 Å². The Labute approximate surface area is 224 Å². The highest BCUT2D eigenvalue weighted by Crippen LogP contribution is 2.27. The van der Waals surface area contributed by atoms with Crippen LogP contribution in [0.25, 0.3) is 5.69 Å². The molecule has 39 heavy (non-hydrogen) atoms. The molecule has 0 unspecified atom stereocenters. The molecule has 0 saturated carbocycles. The molecule has 1 amide bonds. The van der Waals surface area contributed by atoms with Gasteiger partial charge >= 0.3 is 12.1 Å². The maximum Gasteiger partial charge on any atom is 0.455 e. The summed E-state index contributed by atoms with van der Waals surface area (Å²) in [5.41, 5.74) is 2.91. The maximum atomic E-state index is 12.9. The Bertz CT molecular complexity index is 1530. The molecule has 4 rings (SSSR count). The van der Waals surface area contributed by atoms with E-state index in [0.29, 0.717) is 33.3 Å². The summed E-state index contributed by atoms with van der Waals surface area (Å²) >= 11 is 6.40. The van der Waals surface area contributed by atoms with Gasteiger partial charge in [-0.3, -0.25) is 4.79 Å². The van der Waals surface area contributed by atoms with Crippen LogP contribution in [0.1, 0.15) is 43.5 Å². The molecule has 0 aliphatic heterocycles. The number of nitrogens with zero attached hydrogens (tertiary/aromatic N) is 6. The zero-order valence-electron chi connectivity index (χ0n) is 20.9. The lowest BCUT2D eigenvalue weighted by Crippen LogP contribution is -2.21. The predicted molar refractivity (Wildman–Crippen MR) is 134 cm³/mol. The van der Waals surface area contributed by atoms with Crippen LogP contribution in [-0.4, -0.2) is 56.0 Å². The van der Waals surface area contributed by atoms with Crippen molar-refractivity contribution in [2.24, 2.45) is 0 Å². The molecule has 0 fully saturated rings. The number of hydrogen-bond acceptors (Lipinski definition) is 8. The van der Waals surface area contributed by atoms with Crippen molar-refractivity contribution in [3.8, 4) is 5.69 Å². The normalized spacial score (nSPS) is 11.4. The second-order valence-electron chi connectivity index (χ2n) is 8.27. The Morgan fingerprint density at radius 2 is 1.87 bits per heavy atom. The van der Waals surface area contributed by atoms with Crippen molar-refractivity contribution in [3.63, 3.8) is 0 Å². The fourth-order valence-electron chi connectivity index (χ4n) is 3.83. The quantitative estimate of drug-likeness (QED) is 0.311. The van der Waals surface area contributed by atoms with Gasteiger partial charge < -0.3 is 15.4 Å². The molecule has 0 bridgehead atoms. The van der Waals surface area contributed by atoms with E-state index in [1.165, 1.54) is 24.9 Å². The molecule has 0 saturated heterocycles. The fraction of sp³-hybridized carbons (Fsp3) is 0.250. The Kier molecular flexibility index (Phi) is 7.85. The van der Waals surface area contributed by atoms with Gasteiger partial charge in [0.25, 0.3) is 11.7 Å². The number of carbonyl (C=O) groups is 2. The van der Waals surface area contributed by atoms with Gasteiger partial charge in [-0.05, 0) is 48.0 Å². The highest BCUT2D eigenvalue weighted by molar-refractivity contribution is 6.32. The smallest absolute Gasteiger partial charge is 0.455 e. The second kappa shape index (κ2) is 11.1. The molecule has 11 nitrogen and oxygen atoms in total. The number of methoxy groups -OCH3 is 1. The molecule has 2 heterocycles. The van der Waals surface area contributed by atoms with Gasteiger partial charge in [-0.1, -0.05) is 23.7 Å². The first-order chi connectivity index (χ1) is 18.5. The molecule has 0 spiro atoms. The lowest BCUT2D eigenvalue weighted by molar-refractivity contribution is -0.145. The third-order valence-electron chi connectivity index (χ3n) is 5.60. The summed E-state index contributed by atoms with van der Waals surface area (Å²) in [6, 6.07) is 11.6. The number of aryl methyl sites for hydroxylation is 1. The van der Waals surface area contributed by atoms with E-state index in [0.717, 1.165) is 4.80 Å². The van der Waals surface area contributed by atoms with Crippen LogP contribution < -0.4 is 10.6 Å². The minimum Gasteiger partial charge on any atom is -0.465 e. The minimum absolute atomic E-state index is 0.124. The predicted octanol–water partition coefficient (Wildman–Crippen LogP) is 3.65. The van der Waals surface area contributed by atoms with E-state index in [1.54, 1.807) is 43.3 Å². The molecule has 4 aromatic rings. The molecule has 0 radical (unpaired) electrons. The van der Waals surface area contributed by atoms with E-state index >= 15 is 0 Å². The number of hydrogen-bond donors (Lipinski definition) is 2. The van der Waals surface area contributed by atoms with E-state index in [2.05, 4.69) is 31.1 Å². The third-order valence-corrected chi connectivity index (χ3v) is 5.92. The topological polar surface area (TPSA) is 129 Å². The number of nitrogens with one attached hydrogen (secondary N) is 2. The van der Waals surface area contributed by atoms with Crippen LogP contribution in [0.5, 0.6) is 0 Å². The highest BCUT2D eigenvalue weighted by Gasteiger charge is 2.36. The molecular weight excluding hydrogens is 541 g/mol. The number of aromatic nitrogens is 6. The van der Waals surface area contributed by atoms with Gasteiger partial charge in [0.05, 0.1) is 52.6 Å². The number of rotatable bonds is 8. The zero-order chi connectivity index (χ0) is 28.3. The van der Waals surface area contributed by atoms with E-state index < -0.39 is 23.9 Å². The highest BCUT2D eigenvalue weighted by atomic mass is 35.5. The number of halogens is 4. The molecule has 0 atom stereocenters. The summed E-state index contributed by atoms with van der Waals surface area (Å²) in [6.45, 7) is 1.66. The zero-order valence-corrected chi connectivity index (χ0v) is 21.6. The van der Waals surface area contributed by atoms with Crippen molar-refractivity contribution in [1.82, 2.24) is 35.3 Å². The summed E-state index contributed by atoms with van der Waals surface area (Å²) in [6.07, 6.45) is -4.73. The maximum absolute atomic E-state index is 12.9. The van der Waals surface area contributed by atoms with Crippen LogP contribution in [0.4, 0.5) is 18.9 Å². The summed E-state index contributed by atoms with van der Waals surface area (Å²) in [7, 11) is 2.71. The average Bonchev–Trinajstić information content (AvgIpc) is 3.54. The monoisotopic (exact) mass is 562 g/mol. The van der Waals surface area contributed by atoms with Crippen LogP contribution in [0.15, 0.2) is 42.5 Å². The van der Waals surface area contributed by atoms with Crippen LogP contribution in [-0.2, 0) is 24.0 Å². The first-order valence-electron chi connectivity index (χ1n) is 11.4. The number of anilines is 1. The van der Waals surface area contributed by atoms with E-state index in [-0.39, 0.29) is 24.2 Å². The minimum atomic E-state index is -4.73. The molecule has 0 aliphatic carbocycles. The Morgan fingerprint density at radius 1 is 1.13 bits per heavy atom. The van der Waals surface area contributed by atoms with Gasteiger partial charge in [0, 0.05) is 7.05 Å². The summed E-state index contributed by atoms with van der Waals surface area (Å²) in [5, 5.41) is 20.5. The van der Waals surface area contributed by atoms with Gasteiger partial charge in [0.2, 0.25) is 0 Å². The molecule has 15 heteroatoms. The van der Waals surface area contributed by atoms with Crippen molar-refractivity contribution >= 4 is 29.2 Å². The van der Waals surface area contributed by atoms with Crippen LogP contribution in [0.3, 0.4) is 0 Å². The Hall–Kier alpha value is -4.46. The van der Waals surface area contributed by atoms with Crippen LogP contribution >= 0.6 is 11.6 Å². The third kappa shape index (κ3) is 6.00. The number of alkyl halides is 3. The van der Waals surface area contributed by atoms with E-state index in [9.17, 15) is 22.8 Å². The van der Waals surface area contributed by atoms with Crippen molar-refractivity contribution in [2.75, 3.05) is 19.5 Å².